The Bertz CT molecular complexity index is 392. The second kappa shape index (κ2) is 5.07. The van der Waals surface area contributed by atoms with Crippen molar-refractivity contribution in [3.05, 3.63) is 29.3 Å². The van der Waals surface area contributed by atoms with Gasteiger partial charge in [0.05, 0.1) is 18.8 Å². The van der Waals surface area contributed by atoms with E-state index >= 15 is 0 Å². The van der Waals surface area contributed by atoms with Crippen LogP contribution in [-0.2, 0) is 11.3 Å². The molecule has 0 aliphatic carbocycles. The van der Waals surface area contributed by atoms with E-state index in [9.17, 15) is 0 Å². The minimum atomic E-state index is 0.105. The molecular weight excluding hydrogens is 214 g/mol. The van der Waals surface area contributed by atoms with Crippen molar-refractivity contribution in [2.45, 2.75) is 39.0 Å². The van der Waals surface area contributed by atoms with Gasteiger partial charge in [-0.15, -0.1) is 0 Å². The van der Waals surface area contributed by atoms with Crippen molar-refractivity contribution in [2.75, 3.05) is 18.6 Å². The minimum Gasteiger partial charge on any atom is -0.392 e. The largest absolute Gasteiger partial charge is 0.392 e. The summed E-state index contributed by atoms with van der Waals surface area (Å²) >= 11 is 0. The molecule has 2 rings (SSSR count). The van der Waals surface area contributed by atoms with E-state index in [0.717, 1.165) is 18.6 Å². The van der Waals surface area contributed by atoms with Crippen LogP contribution in [0.1, 0.15) is 24.5 Å². The lowest BCUT2D eigenvalue weighted by Crippen LogP contribution is -2.37. The summed E-state index contributed by atoms with van der Waals surface area (Å²) in [5.41, 5.74) is 3.40. The minimum absolute atomic E-state index is 0.105. The Morgan fingerprint density at radius 3 is 2.76 bits per heavy atom. The van der Waals surface area contributed by atoms with Gasteiger partial charge in [0.25, 0.3) is 0 Å². The number of rotatable bonds is 3. The average molecular weight is 235 g/mol. The molecule has 17 heavy (non-hydrogen) atoms. The first kappa shape index (κ1) is 12.4. The molecule has 1 aromatic rings. The Morgan fingerprint density at radius 1 is 1.47 bits per heavy atom. The first-order valence-corrected chi connectivity index (χ1v) is 6.18. The predicted molar refractivity (Wildman–Crippen MR) is 69.3 cm³/mol. The number of likely N-dealkylation sites (N-methyl/N-ethyl adjacent to an activating group) is 1. The lowest BCUT2D eigenvalue weighted by Gasteiger charge is -2.30. The van der Waals surface area contributed by atoms with Gasteiger partial charge < -0.3 is 14.7 Å². The second-order valence-corrected chi connectivity index (χ2v) is 4.82. The van der Waals surface area contributed by atoms with Crippen molar-refractivity contribution in [2.24, 2.45) is 0 Å². The van der Waals surface area contributed by atoms with Crippen LogP contribution in [0.15, 0.2) is 18.2 Å². The summed E-state index contributed by atoms with van der Waals surface area (Å²) in [4.78, 5) is 2.30. The molecule has 3 nitrogen and oxygen atoms in total. The van der Waals surface area contributed by atoms with Gasteiger partial charge in [0.2, 0.25) is 0 Å². The molecule has 3 heteroatoms. The molecule has 2 unspecified atom stereocenters. The fraction of sp³-hybridized carbons (Fsp3) is 0.571. The highest BCUT2D eigenvalue weighted by molar-refractivity contribution is 5.55. The molecule has 1 saturated heterocycles. The Morgan fingerprint density at radius 2 is 2.24 bits per heavy atom. The lowest BCUT2D eigenvalue weighted by molar-refractivity contribution is 0.118. The smallest absolute Gasteiger partial charge is 0.0750 e. The summed E-state index contributed by atoms with van der Waals surface area (Å²) in [6.07, 6.45) is 1.37. The quantitative estimate of drug-likeness (QED) is 0.871. The summed E-state index contributed by atoms with van der Waals surface area (Å²) in [5.74, 6) is 0. The van der Waals surface area contributed by atoms with Gasteiger partial charge >= 0.3 is 0 Å². The van der Waals surface area contributed by atoms with Gasteiger partial charge in [-0.05, 0) is 37.5 Å². The van der Waals surface area contributed by atoms with E-state index in [-0.39, 0.29) is 12.7 Å². The highest BCUT2D eigenvalue weighted by atomic mass is 16.5. The summed E-state index contributed by atoms with van der Waals surface area (Å²) in [6.45, 7) is 5.18. The zero-order valence-electron chi connectivity index (χ0n) is 10.8. The summed E-state index contributed by atoms with van der Waals surface area (Å²) in [6, 6.07) is 6.58. The number of anilines is 1. The number of hydrogen-bond acceptors (Lipinski definition) is 3. The van der Waals surface area contributed by atoms with Crippen LogP contribution in [0.3, 0.4) is 0 Å². The zero-order chi connectivity index (χ0) is 12.4. The lowest BCUT2D eigenvalue weighted by atomic mass is 10.1. The third kappa shape index (κ3) is 2.45. The number of nitrogens with zero attached hydrogens (tertiary/aromatic N) is 1. The molecule has 1 fully saturated rings. The summed E-state index contributed by atoms with van der Waals surface area (Å²) < 4.78 is 5.61. The van der Waals surface area contributed by atoms with Gasteiger partial charge in [-0.2, -0.15) is 0 Å². The zero-order valence-corrected chi connectivity index (χ0v) is 10.8. The van der Waals surface area contributed by atoms with E-state index in [2.05, 4.69) is 31.9 Å². The topological polar surface area (TPSA) is 32.7 Å². The number of aliphatic hydroxyl groups excluding tert-OH is 1. The molecule has 1 aliphatic heterocycles. The monoisotopic (exact) mass is 235 g/mol. The number of aryl methyl sites for hydroxylation is 1. The molecule has 0 amide bonds. The predicted octanol–water partition coefficient (Wildman–Crippen LogP) is 2.10. The Kier molecular flexibility index (Phi) is 3.69. The molecule has 0 radical (unpaired) electrons. The van der Waals surface area contributed by atoms with Crippen LogP contribution in [0, 0.1) is 6.92 Å². The number of ether oxygens (including phenoxy) is 1. The van der Waals surface area contributed by atoms with Crippen LogP contribution in [0.4, 0.5) is 5.69 Å². The van der Waals surface area contributed by atoms with Gasteiger partial charge in [-0.25, -0.2) is 0 Å². The fourth-order valence-corrected chi connectivity index (χ4v) is 2.62. The van der Waals surface area contributed by atoms with E-state index < -0.39 is 0 Å². The van der Waals surface area contributed by atoms with Crippen LogP contribution in [0.25, 0.3) is 0 Å². The normalized spacial score (nSPS) is 24.0. The highest BCUT2D eigenvalue weighted by Crippen LogP contribution is 2.27. The van der Waals surface area contributed by atoms with Crippen LogP contribution in [-0.4, -0.2) is 30.9 Å². The summed E-state index contributed by atoms with van der Waals surface area (Å²) in [5, 5.41) is 9.11. The fourth-order valence-electron chi connectivity index (χ4n) is 2.62. The molecule has 0 aromatic heterocycles. The first-order valence-electron chi connectivity index (χ1n) is 6.18. The molecule has 2 atom stereocenters. The van der Waals surface area contributed by atoms with E-state index in [1.165, 1.54) is 11.3 Å². The number of hydrogen-bond donors (Lipinski definition) is 1. The van der Waals surface area contributed by atoms with E-state index in [0.29, 0.717) is 6.04 Å². The summed E-state index contributed by atoms with van der Waals surface area (Å²) in [7, 11) is 2.12. The van der Waals surface area contributed by atoms with E-state index in [1.807, 2.05) is 12.1 Å². The van der Waals surface area contributed by atoms with Crippen LogP contribution < -0.4 is 4.90 Å². The van der Waals surface area contributed by atoms with Crippen molar-refractivity contribution in [1.29, 1.82) is 0 Å². The van der Waals surface area contributed by atoms with E-state index in [4.69, 9.17) is 9.84 Å². The molecule has 1 heterocycles. The maximum atomic E-state index is 9.11. The third-order valence-electron chi connectivity index (χ3n) is 3.66. The van der Waals surface area contributed by atoms with Gasteiger partial charge in [0.1, 0.15) is 0 Å². The van der Waals surface area contributed by atoms with E-state index in [1.54, 1.807) is 0 Å². The Balaban J connectivity index is 2.21. The molecule has 0 bridgehead atoms. The van der Waals surface area contributed by atoms with Crippen LogP contribution >= 0.6 is 0 Å². The molecule has 0 spiro atoms. The number of benzene rings is 1. The van der Waals surface area contributed by atoms with Gasteiger partial charge in [-0.3, -0.25) is 0 Å². The van der Waals surface area contributed by atoms with Crippen molar-refractivity contribution in [1.82, 2.24) is 0 Å². The average Bonchev–Trinajstić information content (AvgIpc) is 2.74. The molecule has 1 aliphatic rings. The molecule has 0 saturated carbocycles. The highest BCUT2D eigenvalue weighted by Gasteiger charge is 2.28. The maximum Gasteiger partial charge on any atom is 0.0750 e. The number of aliphatic hydroxyl groups is 1. The maximum absolute atomic E-state index is 9.11. The van der Waals surface area contributed by atoms with Crippen LogP contribution in [0.5, 0.6) is 0 Å². The van der Waals surface area contributed by atoms with Crippen molar-refractivity contribution in [3.63, 3.8) is 0 Å². The van der Waals surface area contributed by atoms with Crippen molar-refractivity contribution < 1.29 is 9.84 Å². The standard InChI is InChI=1S/C14H21NO2/c1-10-8-12(9-16)4-5-13(10)15(3)14-6-7-17-11(14)2/h4-5,8,11,14,16H,6-7,9H2,1-3H3. The van der Waals surface area contributed by atoms with Crippen molar-refractivity contribution in [3.8, 4) is 0 Å². The van der Waals surface area contributed by atoms with Crippen LogP contribution in [0.2, 0.25) is 0 Å². The van der Waals surface area contributed by atoms with Crippen molar-refractivity contribution >= 4 is 5.69 Å². The molecule has 1 N–H and O–H groups in total. The van der Waals surface area contributed by atoms with Gasteiger partial charge in [0.15, 0.2) is 0 Å². The van der Waals surface area contributed by atoms with Gasteiger partial charge in [0, 0.05) is 19.3 Å². The SMILES string of the molecule is Cc1cc(CO)ccc1N(C)C1CCOC1C. The molecule has 94 valence electrons. The first-order chi connectivity index (χ1) is 8.13. The molecule has 1 aromatic carbocycles. The third-order valence-corrected chi connectivity index (χ3v) is 3.66. The Labute approximate surface area is 103 Å². The van der Waals surface area contributed by atoms with Gasteiger partial charge in [-0.1, -0.05) is 12.1 Å². The Hall–Kier alpha value is -1.06. The molecular formula is C14H21NO2. The second-order valence-electron chi connectivity index (χ2n) is 4.82.